The van der Waals surface area contributed by atoms with Crippen LogP contribution in [0.1, 0.15) is 20.3 Å². The normalized spacial score (nSPS) is 31.0. The molecular weight excluding hydrogens is 202 g/mol. The molecule has 6 nitrogen and oxygen atoms in total. The van der Waals surface area contributed by atoms with Crippen LogP contribution in [-0.4, -0.2) is 51.8 Å². The summed E-state index contributed by atoms with van der Waals surface area (Å²) in [6.07, 6.45) is -0.237. The van der Waals surface area contributed by atoms with E-state index in [9.17, 15) is 0 Å². The molecule has 15 heavy (non-hydrogen) atoms. The van der Waals surface area contributed by atoms with Crippen molar-refractivity contribution < 1.29 is 25.2 Å². The summed E-state index contributed by atoms with van der Waals surface area (Å²) in [7, 11) is 0. The number of rotatable bonds is 2. The third-order valence-corrected chi connectivity index (χ3v) is 1.80. The minimum absolute atomic E-state index is 0.0301. The fourth-order valence-corrected chi connectivity index (χ4v) is 1.13. The lowest BCUT2D eigenvalue weighted by atomic mass is 10.1. The Morgan fingerprint density at radius 1 is 1.40 bits per heavy atom. The van der Waals surface area contributed by atoms with Crippen molar-refractivity contribution in [2.45, 2.75) is 38.4 Å². The lowest BCUT2D eigenvalue weighted by molar-refractivity contribution is -0.127. The second-order valence-corrected chi connectivity index (χ2v) is 4.06. The van der Waals surface area contributed by atoms with Gasteiger partial charge in [-0.3, -0.25) is 0 Å². The SMILES string of the molecule is CC(C)(O)O.NCC1CC(CO)C(O)O1. The highest BCUT2D eigenvalue weighted by Gasteiger charge is 2.32. The van der Waals surface area contributed by atoms with Crippen LogP contribution in [0.3, 0.4) is 0 Å². The van der Waals surface area contributed by atoms with E-state index in [1.165, 1.54) is 13.8 Å². The first-order chi connectivity index (χ1) is 6.77. The molecular formula is C9H21NO5. The molecule has 1 fully saturated rings. The molecule has 1 aliphatic heterocycles. The van der Waals surface area contributed by atoms with Crippen LogP contribution in [0.5, 0.6) is 0 Å². The lowest BCUT2D eigenvalue weighted by Crippen LogP contribution is -2.20. The van der Waals surface area contributed by atoms with Crippen molar-refractivity contribution in [2.75, 3.05) is 13.2 Å². The third-order valence-electron chi connectivity index (χ3n) is 1.80. The summed E-state index contributed by atoms with van der Waals surface area (Å²) in [4.78, 5) is 0. The van der Waals surface area contributed by atoms with Crippen LogP contribution in [0.25, 0.3) is 0 Å². The highest BCUT2D eigenvalue weighted by atomic mass is 16.6. The van der Waals surface area contributed by atoms with Crippen LogP contribution in [0, 0.1) is 5.92 Å². The van der Waals surface area contributed by atoms with Gasteiger partial charge in [-0.1, -0.05) is 0 Å². The van der Waals surface area contributed by atoms with E-state index in [0.29, 0.717) is 13.0 Å². The van der Waals surface area contributed by atoms with Crippen molar-refractivity contribution in [3.05, 3.63) is 0 Å². The Balaban J connectivity index is 0.000000336. The Bertz CT molecular complexity index is 164. The minimum atomic E-state index is -1.50. The van der Waals surface area contributed by atoms with E-state index in [1.807, 2.05) is 0 Å². The van der Waals surface area contributed by atoms with Crippen molar-refractivity contribution >= 4 is 0 Å². The first-order valence-corrected chi connectivity index (χ1v) is 4.87. The second-order valence-electron chi connectivity index (χ2n) is 4.06. The molecule has 1 rings (SSSR count). The van der Waals surface area contributed by atoms with Gasteiger partial charge in [0.05, 0.1) is 12.7 Å². The van der Waals surface area contributed by atoms with E-state index in [2.05, 4.69) is 0 Å². The van der Waals surface area contributed by atoms with E-state index >= 15 is 0 Å². The summed E-state index contributed by atoms with van der Waals surface area (Å²) < 4.78 is 4.98. The molecule has 0 aliphatic carbocycles. The van der Waals surface area contributed by atoms with Crippen molar-refractivity contribution in [3.8, 4) is 0 Å². The van der Waals surface area contributed by atoms with Crippen LogP contribution >= 0.6 is 0 Å². The summed E-state index contributed by atoms with van der Waals surface area (Å²) in [5.41, 5.74) is 5.30. The van der Waals surface area contributed by atoms with Gasteiger partial charge in [-0.25, -0.2) is 0 Å². The molecule has 0 aromatic heterocycles. The maximum atomic E-state index is 9.05. The van der Waals surface area contributed by atoms with E-state index < -0.39 is 12.1 Å². The molecule has 0 aromatic carbocycles. The fourth-order valence-electron chi connectivity index (χ4n) is 1.13. The van der Waals surface area contributed by atoms with Crippen LogP contribution in [-0.2, 0) is 4.74 Å². The Morgan fingerprint density at radius 2 is 1.87 bits per heavy atom. The monoisotopic (exact) mass is 223 g/mol. The predicted molar refractivity (Wildman–Crippen MR) is 53.6 cm³/mol. The predicted octanol–water partition coefficient (Wildman–Crippen LogP) is -1.63. The molecule has 6 heteroatoms. The third kappa shape index (κ3) is 7.66. The van der Waals surface area contributed by atoms with Gasteiger partial charge in [0.15, 0.2) is 12.1 Å². The molecule has 1 aliphatic rings. The van der Waals surface area contributed by atoms with Crippen molar-refractivity contribution in [2.24, 2.45) is 11.7 Å². The molecule has 0 bridgehead atoms. The molecule has 3 atom stereocenters. The van der Waals surface area contributed by atoms with Crippen LogP contribution in [0.2, 0.25) is 0 Å². The average molecular weight is 223 g/mol. The average Bonchev–Trinajstić information content (AvgIpc) is 2.43. The van der Waals surface area contributed by atoms with Gasteiger partial charge < -0.3 is 30.9 Å². The summed E-state index contributed by atoms with van der Waals surface area (Å²) in [5.74, 6) is -1.64. The topological polar surface area (TPSA) is 116 Å². The Kier molecular flexibility index (Phi) is 6.26. The van der Waals surface area contributed by atoms with Crippen molar-refractivity contribution in [1.82, 2.24) is 0 Å². The molecule has 0 radical (unpaired) electrons. The van der Waals surface area contributed by atoms with Gasteiger partial charge in [0.25, 0.3) is 0 Å². The summed E-state index contributed by atoms with van der Waals surface area (Å²) in [6.45, 7) is 2.98. The van der Waals surface area contributed by atoms with E-state index in [0.717, 1.165) is 0 Å². The van der Waals surface area contributed by atoms with Gasteiger partial charge in [-0.05, 0) is 20.3 Å². The van der Waals surface area contributed by atoms with Gasteiger partial charge in [0, 0.05) is 12.5 Å². The van der Waals surface area contributed by atoms with E-state index in [-0.39, 0.29) is 18.6 Å². The molecule has 1 saturated heterocycles. The molecule has 0 amide bonds. The zero-order chi connectivity index (χ0) is 12.1. The summed E-state index contributed by atoms with van der Waals surface area (Å²) >= 11 is 0. The summed E-state index contributed by atoms with van der Waals surface area (Å²) in [6, 6.07) is 0. The quantitative estimate of drug-likeness (QED) is 0.359. The maximum Gasteiger partial charge on any atom is 0.160 e. The largest absolute Gasteiger partial charge is 0.396 e. The zero-order valence-corrected chi connectivity index (χ0v) is 9.13. The highest BCUT2D eigenvalue weighted by Crippen LogP contribution is 2.23. The first kappa shape index (κ1) is 14.8. The highest BCUT2D eigenvalue weighted by molar-refractivity contribution is 4.76. The number of aliphatic hydroxyl groups excluding tert-OH is 2. The molecule has 0 saturated carbocycles. The number of hydrogen-bond acceptors (Lipinski definition) is 6. The minimum Gasteiger partial charge on any atom is -0.396 e. The Hall–Kier alpha value is -0.240. The van der Waals surface area contributed by atoms with Crippen molar-refractivity contribution in [1.29, 1.82) is 0 Å². The smallest absolute Gasteiger partial charge is 0.160 e. The van der Waals surface area contributed by atoms with Gasteiger partial charge >= 0.3 is 0 Å². The number of hydrogen-bond donors (Lipinski definition) is 5. The first-order valence-electron chi connectivity index (χ1n) is 4.87. The van der Waals surface area contributed by atoms with Crippen LogP contribution < -0.4 is 5.73 Å². The number of ether oxygens (including phenoxy) is 1. The standard InChI is InChI=1S/C6H13NO3.C3H8O2/c7-2-5-1-4(3-8)6(9)10-5;1-3(2,4)5/h4-6,8-9H,1-3,7H2;4-5H,1-2H3. The van der Waals surface area contributed by atoms with Gasteiger partial charge in [-0.2, -0.15) is 0 Å². The molecule has 0 aromatic rings. The Morgan fingerprint density at radius 3 is 2.07 bits per heavy atom. The number of aliphatic hydroxyl groups is 4. The van der Waals surface area contributed by atoms with Gasteiger partial charge in [0.2, 0.25) is 0 Å². The fraction of sp³-hybridized carbons (Fsp3) is 1.00. The molecule has 3 unspecified atom stereocenters. The summed E-state index contributed by atoms with van der Waals surface area (Å²) in [5, 5.41) is 33.9. The number of nitrogens with two attached hydrogens (primary N) is 1. The Labute approximate surface area is 89.3 Å². The molecule has 0 spiro atoms. The lowest BCUT2D eigenvalue weighted by Gasteiger charge is -2.07. The van der Waals surface area contributed by atoms with Gasteiger partial charge in [0.1, 0.15) is 0 Å². The van der Waals surface area contributed by atoms with E-state index in [4.69, 9.17) is 30.9 Å². The molecule has 92 valence electrons. The zero-order valence-electron chi connectivity index (χ0n) is 9.13. The van der Waals surface area contributed by atoms with Crippen molar-refractivity contribution in [3.63, 3.8) is 0 Å². The van der Waals surface area contributed by atoms with Crippen LogP contribution in [0.4, 0.5) is 0 Å². The van der Waals surface area contributed by atoms with Gasteiger partial charge in [-0.15, -0.1) is 0 Å². The molecule has 1 heterocycles. The second kappa shape index (κ2) is 6.37. The maximum absolute atomic E-state index is 9.05. The van der Waals surface area contributed by atoms with Crippen LogP contribution in [0.15, 0.2) is 0 Å². The molecule has 6 N–H and O–H groups in total. The van der Waals surface area contributed by atoms with E-state index in [1.54, 1.807) is 0 Å².